The molecular weight excluding hydrogens is 517 g/mol. The topological polar surface area (TPSA) is 30.8 Å². The highest BCUT2D eigenvalue weighted by Gasteiger charge is 2.12. The third kappa shape index (κ3) is 5.81. The standard InChI is InChI=1S/C22H19BrINO2/c1-2-26-21-13-17(14-25-19-6-4-3-5-7-19)12-20(24)22(21)27-15-16-8-10-18(23)11-9-16/h3-14H,2,15H2,1H3. The number of benzene rings is 3. The summed E-state index contributed by atoms with van der Waals surface area (Å²) in [4.78, 5) is 4.52. The maximum absolute atomic E-state index is 6.07. The lowest BCUT2D eigenvalue weighted by molar-refractivity contribution is 0.267. The fourth-order valence-electron chi connectivity index (χ4n) is 2.46. The number of nitrogens with zero attached hydrogens (tertiary/aromatic N) is 1. The molecule has 0 amide bonds. The van der Waals surface area contributed by atoms with Crippen molar-refractivity contribution in [1.29, 1.82) is 0 Å². The van der Waals surface area contributed by atoms with Crippen molar-refractivity contribution in [2.24, 2.45) is 4.99 Å². The Balaban J connectivity index is 1.81. The van der Waals surface area contributed by atoms with Gasteiger partial charge in [-0.1, -0.05) is 46.3 Å². The molecule has 0 aliphatic rings. The van der Waals surface area contributed by atoms with Crippen LogP contribution in [0.5, 0.6) is 11.5 Å². The maximum Gasteiger partial charge on any atom is 0.175 e. The Morgan fingerprint density at radius 3 is 2.44 bits per heavy atom. The molecule has 3 nitrogen and oxygen atoms in total. The highest BCUT2D eigenvalue weighted by Crippen LogP contribution is 2.34. The van der Waals surface area contributed by atoms with Crippen LogP contribution >= 0.6 is 38.5 Å². The zero-order valence-electron chi connectivity index (χ0n) is 14.9. The Hall–Kier alpha value is -1.86. The van der Waals surface area contributed by atoms with E-state index in [0.717, 1.165) is 36.4 Å². The predicted molar refractivity (Wildman–Crippen MR) is 122 cm³/mol. The lowest BCUT2D eigenvalue weighted by atomic mass is 10.2. The molecule has 138 valence electrons. The smallest absolute Gasteiger partial charge is 0.175 e. The van der Waals surface area contributed by atoms with E-state index in [2.05, 4.69) is 43.5 Å². The molecule has 0 aliphatic heterocycles. The summed E-state index contributed by atoms with van der Waals surface area (Å²) >= 11 is 5.73. The molecule has 0 fully saturated rings. The monoisotopic (exact) mass is 535 g/mol. The number of rotatable bonds is 7. The zero-order valence-corrected chi connectivity index (χ0v) is 18.6. The lowest BCUT2D eigenvalue weighted by Gasteiger charge is -2.15. The van der Waals surface area contributed by atoms with Gasteiger partial charge in [0.05, 0.1) is 15.9 Å². The molecule has 0 spiro atoms. The van der Waals surface area contributed by atoms with Crippen molar-refractivity contribution >= 4 is 50.4 Å². The Morgan fingerprint density at radius 1 is 1.00 bits per heavy atom. The quantitative estimate of drug-likeness (QED) is 0.246. The second kappa shape index (κ2) is 9.90. The van der Waals surface area contributed by atoms with E-state index in [1.54, 1.807) is 0 Å². The molecule has 3 aromatic rings. The summed E-state index contributed by atoms with van der Waals surface area (Å²) in [5, 5.41) is 0. The molecule has 3 aromatic carbocycles. The fraction of sp³-hybridized carbons (Fsp3) is 0.136. The van der Waals surface area contributed by atoms with Crippen LogP contribution in [-0.4, -0.2) is 12.8 Å². The average Bonchev–Trinajstić information content (AvgIpc) is 2.68. The first-order chi connectivity index (χ1) is 13.2. The third-order valence-corrected chi connectivity index (χ3v) is 5.08. The molecule has 0 aliphatic carbocycles. The molecule has 5 heteroatoms. The molecule has 0 N–H and O–H groups in total. The number of para-hydroxylation sites is 1. The predicted octanol–water partition coefficient (Wildman–Crippen LogP) is 6.78. The first-order valence-corrected chi connectivity index (χ1v) is 10.5. The van der Waals surface area contributed by atoms with Crippen molar-refractivity contribution in [2.75, 3.05) is 6.61 Å². The van der Waals surface area contributed by atoms with Crippen molar-refractivity contribution < 1.29 is 9.47 Å². The molecule has 0 saturated carbocycles. The third-order valence-electron chi connectivity index (χ3n) is 3.75. The van der Waals surface area contributed by atoms with Gasteiger partial charge in [0.1, 0.15) is 6.61 Å². The first-order valence-electron chi connectivity index (χ1n) is 8.58. The van der Waals surface area contributed by atoms with Gasteiger partial charge in [0.15, 0.2) is 11.5 Å². The first kappa shape index (κ1) is 19.9. The Kier molecular flexibility index (Phi) is 7.29. The molecular formula is C22H19BrINO2. The maximum atomic E-state index is 6.07. The van der Waals surface area contributed by atoms with Crippen molar-refractivity contribution in [3.63, 3.8) is 0 Å². The normalized spacial score (nSPS) is 10.9. The van der Waals surface area contributed by atoms with E-state index in [0.29, 0.717) is 13.2 Å². The molecule has 0 unspecified atom stereocenters. The van der Waals surface area contributed by atoms with E-state index in [1.165, 1.54) is 0 Å². The lowest BCUT2D eigenvalue weighted by Crippen LogP contribution is -2.02. The van der Waals surface area contributed by atoms with Crippen molar-refractivity contribution in [3.8, 4) is 11.5 Å². The van der Waals surface area contributed by atoms with Gasteiger partial charge < -0.3 is 9.47 Å². The van der Waals surface area contributed by atoms with Crippen LogP contribution in [0.2, 0.25) is 0 Å². The number of ether oxygens (including phenoxy) is 2. The molecule has 0 aromatic heterocycles. The molecule has 0 bridgehead atoms. The Labute approximate surface area is 181 Å². The van der Waals surface area contributed by atoms with Gasteiger partial charge >= 0.3 is 0 Å². The summed E-state index contributed by atoms with van der Waals surface area (Å²) in [6.45, 7) is 3.03. The van der Waals surface area contributed by atoms with E-state index < -0.39 is 0 Å². The van der Waals surface area contributed by atoms with E-state index in [1.807, 2.05) is 79.9 Å². The van der Waals surface area contributed by atoms with Crippen LogP contribution in [0.25, 0.3) is 0 Å². The summed E-state index contributed by atoms with van der Waals surface area (Å²) in [5.41, 5.74) is 3.00. The summed E-state index contributed by atoms with van der Waals surface area (Å²) in [6.07, 6.45) is 1.85. The minimum Gasteiger partial charge on any atom is -0.490 e. The van der Waals surface area contributed by atoms with Gasteiger partial charge in [-0.3, -0.25) is 4.99 Å². The molecule has 0 radical (unpaired) electrons. The van der Waals surface area contributed by atoms with Gasteiger partial charge in [-0.25, -0.2) is 0 Å². The average molecular weight is 536 g/mol. The van der Waals surface area contributed by atoms with Crippen molar-refractivity contribution in [3.05, 3.63) is 85.9 Å². The molecule has 27 heavy (non-hydrogen) atoms. The van der Waals surface area contributed by atoms with Gasteiger partial charge in [0.25, 0.3) is 0 Å². The molecule has 0 heterocycles. The molecule has 0 atom stereocenters. The van der Waals surface area contributed by atoms with Crippen molar-refractivity contribution in [2.45, 2.75) is 13.5 Å². The van der Waals surface area contributed by atoms with Crippen LogP contribution in [0.1, 0.15) is 18.1 Å². The second-order valence-corrected chi connectivity index (χ2v) is 7.85. The molecule has 3 rings (SSSR count). The summed E-state index contributed by atoms with van der Waals surface area (Å²) in [6, 6.07) is 22.0. The second-order valence-electron chi connectivity index (χ2n) is 5.77. The largest absolute Gasteiger partial charge is 0.490 e. The number of halogens is 2. The number of hydrogen-bond acceptors (Lipinski definition) is 3. The van der Waals surface area contributed by atoms with Crippen LogP contribution in [0.4, 0.5) is 5.69 Å². The highest BCUT2D eigenvalue weighted by molar-refractivity contribution is 14.1. The molecule has 0 saturated heterocycles. The van der Waals surface area contributed by atoms with Crippen LogP contribution in [0.3, 0.4) is 0 Å². The Bertz CT molecular complexity index is 912. The SMILES string of the molecule is CCOc1cc(C=Nc2ccccc2)cc(I)c1OCc1ccc(Br)cc1. The van der Waals surface area contributed by atoms with E-state index in [9.17, 15) is 0 Å². The number of hydrogen-bond donors (Lipinski definition) is 0. The van der Waals surface area contributed by atoms with Gasteiger partial charge in [-0.2, -0.15) is 0 Å². The summed E-state index contributed by atoms with van der Waals surface area (Å²) in [7, 11) is 0. The van der Waals surface area contributed by atoms with Gasteiger partial charge in [0.2, 0.25) is 0 Å². The Morgan fingerprint density at radius 2 is 1.74 bits per heavy atom. The van der Waals surface area contributed by atoms with Gasteiger partial charge in [0, 0.05) is 10.7 Å². The number of aliphatic imine (C=N–C) groups is 1. The van der Waals surface area contributed by atoms with Crippen LogP contribution < -0.4 is 9.47 Å². The fourth-order valence-corrected chi connectivity index (χ4v) is 3.51. The van der Waals surface area contributed by atoms with Gasteiger partial charge in [-0.05, 0) is 77.0 Å². The summed E-state index contributed by atoms with van der Waals surface area (Å²) < 4.78 is 13.9. The van der Waals surface area contributed by atoms with Gasteiger partial charge in [-0.15, -0.1) is 0 Å². The minimum absolute atomic E-state index is 0.487. The zero-order chi connectivity index (χ0) is 19.1. The van der Waals surface area contributed by atoms with Crippen molar-refractivity contribution in [1.82, 2.24) is 0 Å². The van der Waals surface area contributed by atoms with Crippen LogP contribution in [0, 0.1) is 3.57 Å². The summed E-state index contributed by atoms with van der Waals surface area (Å²) in [5.74, 6) is 1.49. The van der Waals surface area contributed by atoms with Crippen LogP contribution in [0.15, 0.2) is 76.2 Å². The van der Waals surface area contributed by atoms with E-state index in [-0.39, 0.29) is 0 Å². The van der Waals surface area contributed by atoms with E-state index >= 15 is 0 Å². The van der Waals surface area contributed by atoms with E-state index in [4.69, 9.17) is 9.47 Å². The van der Waals surface area contributed by atoms with Crippen LogP contribution in [-0.2, 0) is 6.61 Å². The highest BCUT2D eigenvalue weighted by atomic mass is 127. The minimum atomic E-state index is 0.487.